The SMILES string of the molecule is CN1CCN(c2ncnc(Nc3ccc(OC(F)(F)F)cc3)c2[N+](=O)[O-])CC1. The topological polar surface area (TPSA) is 96.7 Å². The van der Waals surface area contributed by atoms with Crippen LogP contribution in [0.5, 0.6) is 5.75 Å². The number of piperazine rings is 1. The van der Waals surface area contributed by atoms with Gasteiger partial charge in [0.25, 0.3) is 0 Å². The Balaban J connectivity index is 1.84. The second kappa shape index (κ2) is 7.84. The minimum absolute atomic E-state index is 0.0431. The molecular formula is C16H17F3N6O3. The summed E-state index contributed by atoms with van der Waals surface area (Å²) in [5.74, 6) is -0.237. The van der Waals surface area contributed by atoms with Crippen LogP contribution in [0.15, 0.2) is 30.6 Å². The van der Waals surface area contributed by atoms with E-state index >= 15 is 0 Å². The third kappa shape index (κ3) is 4.76. The summed E-state index contributed by atoms with van der Waals surface area (Å²) in [7, 11) is 1.96. The number of hydrogen-bond acceptors (Lipinski definition) is 8. The van der Waals surface area contributed by atoms with Gasteiger partial charge in [-0.1, -0.05) is 0 Å². The Kier molecular flexibility index (Phi) is 5.49. The van der Waals surface area contributed by atoms with Crippen LogP contribution in [0.3, 0.4) is 0 Å². The van der Waals surface area contributed by atoms with Crippen molar-refractivity contribution in [3.05, 3.63) is 40.7 Å². The molecule has 9 nitrogen and oxygen atoms in total. The van der Waals surface area contributed by atoms with Crippen molar-refractivity contribution in [1.29, 1.82) is 0 Å². The van der Waals surface area contributed by atoms with Gasteiger partial charge >= 0.3 is 12.0 Å². The van der Waals surface area contributed by atoms with E-state index in [0.29, 0.717) is 18.8 Å². The van der Waals surface area contributed by atoms with E-state index < -0.39 is 17.0 Å². The Morgan fingerprint density at radius 3 is 2.36 bits per heavy atom. The van der Waals surface area contributed by atoms with E-state index in [1.165, 1.54) is 18.5 Å². The van der Waals surface area contributed by atoms with Crippen LogP contribution in [0.25, 0.3) is 0 Å². The molecule has 0 aliphatic carbocycles. The molecule has 1 aromatic heterocycles. The van der Waals surface area contributed by atoms with Crippen molar-refractivity contribution in [2.45, 2.75) is 6.36 Å². The molecule has 2 aromatic rings. The first-order chi connectivity index (χ1) is 13.2. The number of likely N-dealkylation sites (N-methyl/N-ethyl adjacent to an activating group) is 1. The molecule has 0 bridgehead atoms. The van der Waals surface area contributed by atoms with Crippen LogP contribution < -0.4 is 15.0 Å². The zero-order chi connectivity index (χ0) is 20.3. The Bertz CT molecular complexity index is 839. The van der Waals surface area contributed by atoms with Gasteiger partial charge in [-0.05, 0) is 31.3 Å². The first-order valence-corrected chi connectivity index (χ1v) is 8.28. The maximum atomic E-state index is 12.2. The quantitative estimate of drug-likeness (QED) is 0.607. The van der Waals surface area contributed by atoms with E-state index in [1.807, 2.05) is 11.9 Å². The fourth-order valence-corrected chi connectivity index (χ4v) is 2.76. The summed E-state index contributed by atoms with van der Waals surface area (Å²) in [4.78, 5) is 23.0. The summed E-state index contributed by atoms with van der Waals surface area (Å²) >= 11 is 0. The number of halogens is 3. The molecule has 12 heteroatoms. The van der Waals surface area contributed by atoms with Crippen LogP contribution in [0.1, 0.15) is 0 Å². The fraction of sp³-hybridized carbons (Fsp3) is 0.375. The lowest BCUT2D eigenvalue weighted by Gasteiger charge is -2.32. The van der Waals surface area contributed by atoms with Gasteiger partial charge in [0.1, 0.15) is 12.1 Å². The second-order valence-corrected chi connectivity index (χ2v) is 6.14. The van der Waals surface area contributed by atoms with Gasteiger partial charge in [-0.15, -0.1) is 13.2 Å². The van der Waals surface area contributed by atoms with Gasteiger partial charge in [0.15, 0.2) is 0 Å². The molecule has 0 radical (unpaired) electrons. The average molecular weight is 398 g/mol. The lowest BCUT2D eigenvalue weighted by molar-refractivity contribution is -0.383. The number of alkyl halides is 3. The van der Waals surface area contributed by atoms with Gasteiger partial charge in [0.2, 0.25) is 11.6 Å². The van der Waals surface area contributed by atoms with Crippen LogP contribution in [-0.4, -0.2) is 59.4 Å². The smallest absolute Gasteiger partial charge is 0.406 e. The molecule has 0 amide bonds. The standard InChI is InChI=1S/C16H17F3N6O3/c1-23-6-8-24(9-7-23)15-13(25(26)27)14(20-10-21-15)22-11-2-4-12(5-3-11)28-16(17,18)19/h2-5,10H,6-9H2,1H3,(H,20,21,22). The normalized spacial score (nSPS) is 15.4. The number of rotatable bonds is 5. The molecule has 1 aliphatic heterocycles. The number of nitrogens with one attached hydrogen (secondary N) is 1. The van der Waals surface area contributed by atoms with Gasteiger partial charge in [-0.2, -0.15) is 0 Å². The van der Waals surface area contributed by atoms with E-state index in [1.54, 1.807) is 0 Å². The molecule has 1 aliphatic rings. The Hall–Kier alpha value is -3.15. The van der Waals surface area contributed by atoms with E-state index in [-0.39, 0.29) is 17.3 Å². The van der Waals surface area contributed by atoms with Crippen molar-refractivity contribution in [3.63, 3.8) is 0 Å². The molecule has 1 saturated heterocycles. The highest BCUT2D eigenvalue weighted by Crippen LogP contribution is 2.34. The van der Waals surface area contributed by atoms with Crippen LogP contribution in [0, 0.1) is 10.1 Å². The van der Waals surface area contributed by atoms with E-state index in [0.717, 1.165) is 25.2 Å². The molecule has 1 N–H and O–H groups in total. The summed E-state index contributed by atoms with van der Waals surface area (Å²) < 4.78 is 40.5. The van der Waals surface area contributed by atoms with E-state index in [2.05, 4.69) is 24.9 Å². The van der Waals surface area contributed by atoms with E-state index in [9.17, 15) is 23.3 Å². The number of ether oxygens (including phenoxy) is 1. The van der Waals surface area contributed by atoms with Gasteiger partial charge in [-0.3, -0.25) is 10.1 Å². The largest absolute Gasteiger partial charge is 0.573 e. The number of nitro groups is 1. The molecule has 1 aromatic carbocycles. The Morgan fingerprint density at radius 2 is 1.79 bits per heavy atom. The number of hydrogen-bond donors (Lipinski definition) is 1. The van der Waals surface area contributed by atoms with Crippen LogP contribution in [-0.2, 0) is 0 Å². The van der Waals surface area contributed by atoms with Gasteiger partial charge in [-0.25, -0.2) is 9.97 Å². The van der Waals surface area contributed by atoms with Crippen LogP contribution in [0.4, 0.5) is 36.2 Å². The molecule has 1 fully saturated rings. The maximum Gasteiger partial charge on any atom is 0.573 e. The zero-order valence-corrected chi connectivity index (χ0v) is 14.8. The van der Waals surface area contributed by atoms with Crippen molar-refractivity contribution in [2.24, 2.45) is 0 Å². The minimum Gasteiger partial charge on any atom is -0.406 e. The van der Waals surface area contributed by atoms with Crippen molar-refractivity contribution < 1.29 is 22.8 Å². The molecule has 2 heterocycles. The summed E-state index contributed by atoms with van der Waals surface area (Å²) in [6.07, 6.45) is -3.58. The van der Waals surface area contributed by atoms with Gasteiger partial charge < -0.3 is 19.9 Å². The number of aromatic nitrogens is 2. The van der Waals surface area contributed by atoms with Crippen LogP contribution >= 0.6 is 0 Å². The first-order valence-electron chi connectivity index (χ1n) is 8.28. The number of benzene rings is 1. The molecule has 0 atom stereocenters. The highest BCUT2D eigenvalue weighted by Gasteiger charge is 2.31. The molecule has 0 unspecified atom stereocenters. The number of anilines is 3. The Morgan fingerprint density at radius 1 is 1.14 bits per heavy atom. The van der Waals surface area contributed by atoms with Crippen molar-refractivity contribution in [2.75, 3.05) is 43.4 Å². The second-order valence-electron chi connectivity index (χ2n) is 6.14. The lowest BCUT2D eigenvalue weighted by Crippen LogP contribution is -2.45. The van der Waals surface area contributed by atoms with E-state index in [4.69, 9.17) is 0 Å². The molecule has 3 rings (SSSR count). The lowest BCUT2D eigenvalue weighted by atomic mass is 10.2. The van der Waals surface area contributed by atoms with Gasteiger partial charge in [0.05, 0.1) is 4.92 Å². The monoisotopic (exact) mass is 398 g/mol. The highest BCUT2D eigenvalue weighted by molar-refractivity contribution is 5.74. The molecular weight excluding hydrogens is 381 g/mol. The predicted molar refractivity (Wildman–Crippen MR) is 94.8 cm³/mol. The molecule has 150 valence electrons. The summed E-state index contributed by atoms with van der Waals surface area (Å²) in [6, 6.07) is 4.82. The third-order valence-electron chi connectivity index (χ3n) is 4.14. The highest BCUT2D eigenvalue weighted by atomic mass is 19.4. The molecule has 0 spiro atoms. The van der Waals surface area contributed by atoms with Crippen molar-refractivity contribution in [3.8, 4) is 5.75 Å². The van der Waals surface area contributed by atoms with Gasteiger partial charge in [0, 0.05) is 31.9 Å². The summed E-state index contributed by atoms with van der Waals surface area (Å²) in [6.45, 7) is 2.64. The Labute approximate surface area is 157 Å². The minimum atomic E-state index is -4.79. The average Bonchev–Trinajstić information content (AvgIpc) is 2.62. The maximum absolute atomic E-state index is 12.2. The molecule has 28 heavy (non-hydrogen) atoms. The van der Waals surface area contributed by atoms with Crippen molar-refractivity contribution >= 4 is 23.0 Å². The number of nitrogens with zero attached hydrogens (tertiary/aromatic N) is 5. The zero-order valence-electron chi connectivity index (χ0n) is 14.8. The fourth-order valence-electron chi connectivity index (χ4n) is 2.76. The summed E-state index contributed by atoms with van der Waals surface area (Å²) in [5.41, 5.74) is 0.0309. The van der Waals surface area contributed by atoms with Crippen molar-refractivity contribution in [1.82, 2.24) is 14.9 Å². The van der Waals surface area contributed by atoms with Crippen LogP contribution in [0.2, 0.25) is 0 Å². The summed E-state index contributed by atoms with van der Waals surface area (Å²) in [5, 5.41) is 14.4. The molecule has 0 saturated carbocycles. The predicted octanol–water partition coefficient (Wildman–Crippen LogP) is 2.78. The first kappa shape index (κ1) is 19.6. The third-order valence-corrected chi connectivity index (χ3v) is 4.14.